The lowest BCUT2D eigenvalue weighted by atomic mass is 9.84. The minimum atomic E-state index is 0.263. The van der Waals surface area contributed by atoms with Crippen molar-refractivity contribution < 1.29 is 0 Å². The molecule has 5 unspecified atom stereocenters. The zero-order chi connectivity index (χ0) is 16.8. The van der Waals surface area contributed by atoms with E-state index in [4.69, 9.17) is 4.99 Å². The summed E-state index contributed by atoms with van der Waals surface area (Å²) in [6.07, 6.45) is 17.1. The van der Waals surface area contributed by atoms with Crippen LogP contribution in [0, 0.1) is 5.92 Å². The number of allylic oxidation sites excluding steroid dienone is 3. The Labute approximate surface area is 154 Å². The molecule has 0 spiro atoms. The zero-order valence-electron chi connectivity index (χ0n) is 14.6. The van der Waals surface area contributed by atoms with Gasteiger partial charge in [-0.25, -0.2) is 0 Å². The molecule has 128 valence electrons. The van der Waals surface area contributed by atoms with E-state index in [1.807, 2.05) is 0 Å². The van der Waals surface area contributed by atoms with Gasteiger partial charge in [0.1, 0.15) is 0 Å². The molecule has 3 heteroatoms. The SMILES string of the molecule is CCC1=NC(c2ccc3c(c2)C=CCC3)C2SC3C=CC=CC3C2N1. The molecular formula is C22H24N2S. The predicted octanol–water partition coefficient (Wildman–Crippen LogP) is 4.69. The maximum atomic E-state index is 5.13. The summed E-state index contributed by atoms with van der Waals surface area (Å²) in [5.41, 5.74) is 4.26. The molecule has 0 radical (unpaired) electrons. The first-order valence-electron chi connectivity index (χ1n) is 9.46. The number of hydrogen-bond acceptors (Lipinski definition) is 3. The molecule has 2 nitrogen and oxygen atoms in total. The van der Waals surface area contributed by atoms with Crippen LogP contribution in [0.5, 0.6) is 0 Å². The molecule has 0 amide bonds. The average molecular weight is 349 g/mol. The van der Waals surface area contributed by atoms with E-state index >= 15 is 0 Å². The van der Waals surface area contributed by atoms with Gasteiger partial charge >= 0.3 is 0 Å². The standard InChI is InChI=1S/C22H24N2S/c1-2-19-23-20(16-12-11-14-7-3-4-8-15(14)13-16)22-21(24-19)17-9-5-6-10-18(17)25-22/h4-6,8-13,17-18,20-22H,2-3,7H2,1H3,(H,23,24). The summed E-state index contributed by atoms with van der Waals surface area (Å²) in [7, 11) is 0. The van der Waals surface area contributed by atoms with Crippen LogP contribution in [0.1, 0.15) is 42.5 Å². The van der Waals surface area contributed by atoms with Gasteiger partial charge in [0.15, 0.2) is 0 Å². The van der Waals surface area contributed by atoms with E-state index < -0.39 is 0 Å². The lowest BCUT2D eigenvalue weighted by molar-refractivity contribution is 0.427. The van der Waals surface area contributed by atoms with Gasteiger partial charge in [-0.05, 0) is 35.6 Å². The van der Waals surface area contributed by atoms with Gasteiger partial charge < -0.3 is 5.32 Å². The number of aryl methyl sites for hydroxylation is 1. The van der Waals surface area contributed by atoms with Crippen LogP contribution in [-0.4, -0.2) is 22.4 Å². The second-order valence-electron chi connectivity index (χ2n) is 7.36. The average Bonchev–Trinajstić information content (AvgIpc) is 3.05. The number of nitrogens with one attached hydrogen (secondary N) is 1. The lowest BCUT2D eigenvalue weighted by Gasteiger charge is -2.35. The zero-order valence-corrected chi connectivity index (χ0v) is 15.4. The summed E-state index contributed by atoms with van der Waals surface area (Å²) in [5.74, 6) is 1.75. The third kappa shape index (κ3) is 2.60. The van der Waals surface area contributed by atoms with E-state index in [0.29, 0.717) is 22.5 Å². The number of thioether (sulfide) groups is 1. The van der Waals surface area contributed by atoms with E-state index in [2.05, 4.69) is 78.7 Å². The van der Waals surface area contributed by atoms with E-state index in [1.54, 1.807) is 0 Å². The van der Waals surface area contributed by atoms with Crippen molar-refractivity contribution in [2.45, 2.75) is 48.8 Å². The van der Waals surface area contributed by atoms with E-state index in [-0.39, 0.29) is 6.04 Å². The second-order valence-corrected chi connectivity index (χ2v) is 8.72. The largest absolute Gasteiger partial charge is 0.369 e. The van der Waals surface area contributed by atoms with Crippen LogP contribution < -0.4 is 5.32 Å². The van der Waals surface area contributed by atoms with Gasteiger partial charge in [-0.15, -0.1) is 11.8 Å². The molecule has 0 saturated carbocycles. The Morgan fingerprint density at radius 1 is 1.24 bits per heavy atom. The summed E-state index contributed by atoms with van der Waals surface area (Å²) < 4.78 is 0. The fraction of sp³-hybridized carbons (Fsp3) is 0.409. The number of nitrogens with zero attached hydrogens (tertiary/aromatic N) is 1. The molecule has 5 rings (SSSR count). The Morgan fingerprint density at radius 2 is 2.16 bits per heavy atom. The van der Waals surface area contributed by atoms with E-state index in [1.165, 1.54) is 35.4 Å². The Hall–Kier alpha value is -1.74. The third-order valence-corrected chi connectivity index (χ3v) is 7.52. The summed E-state index contributed by atoms with van der Waals surface area (Å²) in [6.45, 7) is 2.20. The number of hydrogen-bond donors (Lipinski definition) is 1. The highest BCUT2D eigenvalue weighted by Gasteiger charge is 2.48. The second kappa shape index (κ2) is 6.21. The minimum Gasteiger partial charge on any atom is -0.369 e. The van der Waals surface area contributed by atoms with E-state index in [0.717, 1.165) is 6.42 Å². The molecule has 2 aliphatic carbocycles. The smallest absolute Gasteiger partial charge is 0.0971 e. The summed E-state index contributed by atoms with van der Waals surface area (Å²) in [4.78, 5) is 5.13. The predicted molar refractivity (Wildman–Crippen MR) is 108 cm³/mol. The highest BCUT2D eigenvalue weighted by atomic mass is 32.2. The summed E-state index contributed by atoms with van der Waals surface area (Å²) in [5, 5.41) is 4.84. The molecule has 2 aliphatic heterocycles. The van der Waals surface area contributed by atoms with Crippen molar-refractivity contribution in [3.63, 3.8) is 0 Å². The van der Waals surface area contributed by atoms with Gasteiger partial charge in [0, 0.05) is 23.6 Å². The first kappa shape index (κ1) is 15.5. The Morgan fingerprint density at radius 3 is 3.08 bits per heavy atom. The number of rotatable bonds is 2. The minimum absolute atomic E-state index is 0.263. The molecule has 1 aromatic rings. The Kier molecular flexibility index (Phi) is 3.85. The first-order valence-corrected chi connectivity index (χ1v) is 10.4. The molecule has 25 heavy (non-hydrogen) atoms. The molecule has 1 fully saturated rings. The van der Waals surface area contributed by atoms with Crippen LogP contribution in [0.25, 0.3) is 6.08 Å². The fourth-order valence-electron chi connectivity index (χ4n) is 4.56. The first-order chi connectivity index (χ1) is 12.3. The topological polar surface area (TPSA) is 24.4 Å². The van der Waals surface area contributed by atoms with Crippen LogP contribution in [0.4, 0.5) is 0 Å². The van der Waals surface area contributed by atoms with Crippen LogP contribution in [0.2, 0.25) is 0 Å². The van der Waals surface area contributed by atoms with Crippen LogP contribution in [0.3, 0.4) is 0 Å². The molecule has 0 aromatic heterocycles. The highest BCUT2D eigenvalue weighted by Crippen LogP contribution is 2.49. The number of benzene rings is 1. The van der Waals surface area contributed by atoms with Gasteiger partial charge in [-0.3, -0.25) is 4.99 Å². The van der Waals surface area contributed by atoms with Gasteiger partial charge in [0.25, 0.3) is 0 Å². The summed E-state index contributed by atoms with van der Waals surface area (Å²) >= 11 is 2.11. The quantitative estimate of drug-likeness (QED) is 0.838. The molecule has 1 saturated heterocycles. The van der Waals surface area contributed by atoms with Crippen molar-refractivity contribution in [1.29, 1.82) is 0 Å². The van der Waals surface area contributed by atoms with E-state index in [9.17, 15) is 0 Å². The van der Waals surface area contributed by atoms with Crippen molar-refractivity contribution in [2.24, 2.45) is 10.9 Å². The van der Waals surface area contributed by atoms with Gasteiger partial charge in [-0.2, -0.15) is 0 Å². The maximum absolute atomic E-state index is 5.13. The van der Waals surface area contributed by atoms with Crippen molar-refractivity contribution >= 4 is 23.7 Å². The van der Waals surface area contributed by atoms with Crippen molar-refractivity contribution in [3.05, 3.63) is 65.3 Å². The van der Waals surface area contributed by atoms with Crippen molar-refractivity contribution in [3.8, 4) is 0 Å². The van der Waals surface area contributed by atoms with Crippen molar-refractivity contribution in [1.82, 2.24) is 5.32 Å². The van der Waals surface area contributed by atoms with Gasteiger partial charge in [0.2, 0.25) is 0 Å². The van der Waals surface area contributed by atoms with Crippen molar-refractivity contribution in [2.75, 3.05) is 0 Å². The van der Waals surface area contributed by atoms with Gasteiger partial charge in [-0.1, -0.05) is 55.5 Å². The number of amidine groups is 1. The summed E-state index contributed by atoms with van der Waals surface area (Å²) in [6, 6.07) is 7.80. The normalized spacial score (nSPS) is 34.8. The fourth-order valence-corrected chi connectivity index (χ4v) is 6.33. The number of aliphatic imine (C=N–C) groups is 1. The monoisotopic (exact) mass is 348 g/mol. The van der Waals surface area contributed by atoms with Gasteiger partial charge in [0.05, 0.1) is 17.1 Å². The molecule has 2 heterocycles. The molecule has 1 N–H and O–H groups in total. The molecule has 5 atom stereocenters. The molecule has 1 aromatic carbocycles. The third-order valence-electron chi connectivity index (χ3n) is 5.87. The Bertz CT molecular complexity index is 804. The highest BCUT2D eigenvalue weighted by molar-refractivity contribution is 8.01. The maximum Gasteiger partial charge on any atom is 0.0971 e. The molecular weight excluding hydrogens is 324 g/mol. The Balaban J connectivity index is 1.54. The molecule has 0 bridgehead atoms. The van der Waals surface area contributed by atoms with Crippen LogP contribution in [-0.2, 0) is 6.42 Å². The molecule has 4 aliphatic rings. The van der Waals surface area contributed by atoms with Crippen LogP contribution in [0.15, 0.2) is 53.6 Å². The lowest BCUT2D eigenvalue weighted by Crippen LogP contribution is -2.49. The number of fused-ring (bicyclic) bond motifs is 4. The van der Waals surface area contributed by atoms with Crippen LogP contribution >= 0.6 is 11.8 Å².